The van der Waals surface area contributed by atoms with Crippen molar-refractivity contribution in [2.45, 2.75) is 6.42 Å². The van der Waals surface area contributed by atoms with Gasteiger partial charge in [-0.3, -0.25) is 4.79 Å². The molecular formula is C20H17NO4. The van der Waals surface area contributed by atoms with Crippen molar-refractivity contribution in [1.29, 1.82) is 0 Å². The number of aromatic hydroxyl groups is 1. The normalized spacial score (nSPS) is 10.4. The van der Waals surface area contributed by atoms with Gasteiger partial charge >= 0.3 is 5.97 Å². The zero-order valence-electron chi connectivity index (χ0n) is 13.7. The molecule has 2 N–H and O–H groups in total. The molecule has 0 unspecified atom stereocenters. The maximum Gasteiger partial charge on any atom is 0.341 e. The van der Waals surface area contributed by atoms with Crippen LogP contribution in [0.25, 0.3) is 10.8 Å². The van der Waals surface area contributed by atoms with Crippen molar-refractivity contribution in [1.82, 2.24) is 0 Å². The lowest BCUT2D eigenvalue weighted by Crippen LogP contribution is -2.15. The number of nitrogens with one attached hydrogen (secondary N) is 1. The molecule has 0 fully saturated rings. The smallest absolute Gasteiger partial charge is 0.341 e. The van der Waals surface area contributed by atoms with E-state index in [2.05, 4.69) is 10.1 Å². The van der Waals surface area contributed by atoms with Crippen LogP contribution >= 0.6 is 0 Å². The van der Waals surface area contributed by atoms with Gasteiger partial charge in [-0.25, -0.2) is 4.79 Å². The fourth-order valence-electron chi connectivity index (χ4n) is 2.65. The number of hydrogen-bond acceptors (Lipinski definition) is 4. The highest BCUT2D eigenvalue weighted by molar-refractivity contribution is 5.99. The first-order valence-corrected chi connectivity index (χ1v) is 7.76. The Morgan fingerprint density at radius 2 is 1.76 bits per heavy atom. The number of carbonyl (C=O) groups is 2. The van der Waals surface area contributed by atoms with Gasteiger partial charge in [-0.15, -0.1) is 0 Å². The highest BCUT2D eigenvalue weighted by Gasteiger charge is 2.16. The van der Waals surface area contributed by atoms with Crippen LogP contribution in [0.2, 0.25) is 0 Å². The van der Waals surface area contributed by atoms with Crippen molar-refractivity contribution >= 4 is 28.3 Å². The van der Waals surface area contributed by atoms with Gasteiger partial charge in [0.05, 0.1) is 19.2 Å². The van der Waals surface area contributed by atoms with Crippen LogP contribution in [0.5, 0.6) is 5.75 Å². The predicted octanol–water partition coefficient (Wildman–Crippen LogP) is 3.51. The number of anilines is 1. The van der Waals surface area contributed by atoms with E-state index in [4.69, 9.17) is 0 Å². The fraction of sp³-hybridized carbons (Fsp3) is 0.100. The lowest BCUT2D eigenvalue weighted by atomic mass is 10.0. The average Bonchev–Trinajstić information content (AvgIpc) is 2.62. The molecule has 1 amide bonds. The van der Waals surface area contributed by atoms with Crippen LogP contribution in [0.1, 0.15) is 15.9 Å². The third-order valence-electron chi connectivity index (χ3n) is 3.89. The van der Waals surface area contributed by atoms with E-state index in [1.165, 1.54) is 19.2 Å². The molecule has 0 heterocycles. The highest BCUT2D eigenvalue weighted by Crippen LogP contribution is 2.28. The number of fused-ring (bicyclic) bond motifs is 1. The third-order valence-corrected chi connectivity index (χ3v) is 3.89. The van der Waals surface area contributed by atoms with Gasteiger partial charge < -0.3 is 15.2 Å². The van der Waals surface area contributed by atoms with Crippen molar-refractivity contribution in [3.63, 3.8) is 0 Å². The van der Waals surface area contributed by atoms with Gasteiger partial charge in [0, 0.05) is 0 Å². The minimum absolute atomic E-state index is 0.00556. The van der Waals surface area contributed by atoms with Gasteiger partial charge in [0.25, 0.3) is 0 Å². The van der Waals surface area contributed by atoms with Crippen LogP contribution in [0.3, 0.4) is 0 Å². The average molecular weight is 335 g/mol. The van der Waals surface area contributed by atoms with Crippen LogP contribution in [0.15, 0.2) is 60.7 Å². The summed E-state index contributed by atoms with van der Waals surface area (Å²) in [5, 5.41) is 14.9. The number of phenols is 1. The van der Waals surface area contributed by atoms with Gasteiger partial charge in [-0.2, -0.15) is 0 Å². The molecule has 0 spiro atoms. The summed E-state index contributed by atoms with van der Waals surface area (Å²) in [5.41, 5.74) is 1.04. The van der Waals surface area contributed by atoms with Crippen molar-refractivity contribution in [2.75, 3.05) is 12.4 Å². The second-order valence-electron chi connectivity index (χ2n) is 5.60. The van der Waals surface area contributed by atoms with Crippen molar-refractivity contribution in [3.05, 3.63) is 71.8 Å². The summed E-state index contributed by atoms with van der Waals surface area (Å²) in [5.74, 6) is -1.25. The predicted molar refractivity (Wildman–Crippen MR) is 95.7 cm³/mol. The Kier molecular flexibility index (Phi) is 4.66. The Hall–Kier alpha value is -3.34. The molecule has 0 atom stereocenters. The number of carbonyl (C=O) groups excluding carboxylic acids is 2. The van der Waals surface area contributed by atoms with E-state index < -0.39 is 5.97 Å². The molecule has 0 aliphatic rings. The van der Waals surface area contributed by atoms with E-state index in [0.29, 0.717) is 0 Å². The van der Waals surface area contributed by atoms with E-state index in [1.54, 1.807) is 6.07 Å². The lowest BCUT2D eigenvalue weighted by Gasteiger charge is -2.10. The second kappa shape index (κ2) is 7.05. The van der Waals surface area contributed by atoms with Crippen LogP contribution in [0, 0.1) is 0 Å². The summed E-state index contributed by atoms with van der Waals surface area (Å²) < 4.78 is 4.60. The number of methoxy groups -OCH3 is 1. The summed E-state index contributed by atoms with van der Waals surface area (Å²) >= 11 is 0. The van der Waals surface area contributed by atoms with Crippen LogP contribution in [-0.2, 0) is 16.0 Å². The molecule has 0 radical (unpaired) electrons. The van der Waals surface area contributed by atoms with E-state index in [0.717, 1.165) is 16.3 Å². The molecule has 5 heteroatoms. The highest BCUT2D eigenvalue weighted by atomic mass is 16.5. The summed E-state index contributed by atoms with van der Waals surface area (Å²) in [6, 6.07) is 18.3. The Morgan fingerprint density at radius 3 is 2.52 bits per heavy atom. The number of benzene rings is 3. The van der Waals surface area contributed by atoms with E-state index >= 15 is 0 Å². The third kappa shape index (κ3) is 3.61. The van der Waals surface area contributed by atoms with Crippen molar-refractivity contribution in [3.8, 4) is 5.75 Å². The first kappa shape index (κ1) is 16.5. The minimum Gasteiger partial charge on any atom is -0.505 e. The summed E-state index contributed by atoms with van der Waals surface area (Å²) in [7, 11) is 1.23. The lowest BCUT2D eigenvalue weighted by molar-refractivity contribution is -0.115. The molecule has 3 rings (SSSR count). The molecule has 0 aliphatic carbocycles. The number of rotatable bonds is 4. The molecule has 5 nitrogen and oxygen atoms in total. The Balaban J connectivity index is 1.77. The monoisotopic (exact) mass is 335 g/mol. The molecule has 126 valence electrons. The molecule has 3 aromatic rings. The Labute approximate surface area is 144 Å². The molecule has 0 saturated carbocycles. The molecular weight excluding hydrogens is 318 g/mol. The topological polar surface area (TPSA) is 75.6 Å². The van der Waals surface area contributed by atoms with Gasteiger partial charge in [0.15, 0.2) is 5.75 Å². The molecule has 25 heavy (non-hydrogen) atoms. The SMILES string of the molecule is COC(=O)c1cccc(NC(=O)Cc2ccc3ccccc3c2)c1O. The van der Waals surface area contributed by atoms with Gasteiger partial charge in [0.2, 0.25) is 5.91 Å². The standard InChI is InChI=1S/C20H17NO4/c1-25-20(24)16-7-4-8-17(19(16)23)21-18(22)12-13-9-10-14-5-2-3-6-15(14)11-13/h2-11,23H,12H2,1H3,(H,21,22). The minimum atomic E-state index is -0.664. The summed E-state index contributed by atoms with van der Waals surface area (Å²) in [4.78, 5) is 23.9. The number of phenolic OH excluding ortho intramolecular Hbond substituents is 1. The number of hydrogen-bond donors (Lipinski definition) is 2. The van der Waals surface area contributed by atoms with Crippen molar-refractivity contribution < 1.29 is 19.4 Å². The number of esters is 1. The van der Waals surface area contributed by atoms with Crippen molar-refractivity contribution in [2.24, 2.45) is 0 Å². The zero-order chi connectivity index (χ0) is 17.8. The molecule has 0 aliphatic heterocycles. The molecule has 3 aromatic carbocycles. The first-order chi connectivity index (χ1) is 12.1. The van der Waals surface area contributed by atoms with Gasteiger partial charge in [-0.1, -0.05) is 48.5 Å². The van der Waals surface area contributed by atoms with E-state index in [-0.39, 0.29) is 29.3 Å². The summed E-state index contributed by atoms with van der Waals surface area (Å²) in [6.45, 7) is 0. The van der Waals surface area contributed by atoms with E-state index in [1.807, 2.05) is 42.5 Å². The zero-order valence-corrected chi connectivity index (χ0v) is 13.7. The summed E-state index contributed by atoms with van der Waals surface area (Å²) in [6.07, 6.45) is 0.159. The van der Waals surface area contributed by atoms with Crippen LogP contribution in [-0.4, -0.2) is 24.1 Å². The van der Waals surface area contributed by atoms with E-state index in [9.17, 15) is 14.7 Å². The largest absolute Gasteiger partial charge is 0.505 e. The Bertz CT molecular complexity index is 949. The maximum absolute atomic E-state index is 12.3. The van der Waals surface area contributed by atoms with Crippen LogP contribution < -0.4 is 5.32 Å². The van der Waals surface area contributed by atoms with Gasteiger partial charge in [-0.05, 0) is 28.5 Å². The first-order valence-electron chi connectivity index (χ1n) is 7.76. The van der Waals surface area contributed by atoms with Gasteiger partial charge in [0.1, 0.15) is 5.56 Å². The molecule has 0 saturated heterocycles. The Morgan fingerprint density at radius 1 is 1.00 bits per heavy atom. The second-order valence-corrected chi connectivity index (χ2v) is 5.60. The molecule has 0 bridgehead atoms. The molecule has 0 aromatic heterocycles. The fourth-order valence-corrected chi connectivity index (χ4v) is 2.65. The number of ether oxygens (including phenoxy) is 1. The maximum atomic E-state index is 12.3. The van der Waals surface area contributed by atoms with Crippen LogP contribution in [0.4, 0.5) is 5.69 Å². The number of amides is 1. The quantitative estimate of drug-likeness (QED) is 0.565. The number of para-hydroxylation sites is 1.